The van der Waals surface area contributed by atoms with Gasteiger partial charge in [-0.15, -0.1) is 0 Å². The van der Waals surface area contributed by atoms with Gasteiger partial charge in [0, 0.05) is 28.7 Å². The number of fused-ring (bicyclic) bond motifs is 3. The highest BCUT2D eigenvalue weighted by molar-refractivity contribution is 6.85. The van der Waals surface area contributed by atoms with Crippen LogP contribution in [0.15, 0.2) is 182 Å². The first-order chi connectivity index (χ1) is 40.0. The number of nitriles is 2. The number of hydrogen-bond donors (Lipinski definition) is 0. The Balaban J connectivity index is 1.41. The van der Waals surface area contributed by atoms with Gasteiger partial charge in [-0.3, -0.25) is 9.97 Å². The summed E-state index contributed by atoms with van der Waals surface area (Å²) in [6.07, 6.45) is 4.11. The number of rotatable bonds is 17. The molecule has 4 heterocycles. The van der Waals surface area contributed by atoms with Crippen molar-refractivity contribution in [2.24, 2.45) is 0 Å². The first-order valence-electron chi connectivity index (χ1n) is 27.3. The lowest BCUT2D eigenvalue weighted by Crippen LogP contribution is -2.54. The summed E-state index contributed by atoms with van der Waals surface area (Å²) in [5, 5.41) is 28.2. The van der Waals surface area contributed by atoms with Gasteiger partial charge in [0.05, 0.1) is 71.9 Å². The minimum atomic E-state index is -0.584. The normalized spacial score (nSPS) is 12.2. The van der Waals surface area contributed by atoms with E-state index < -0.39 is 13.7 Å². The van der Waals surface area contributed by atoms with Gasteiger partial charge < -0.3 is 18.6 Å². The molecule has 16 heteroatoms. The Morgan fingerprint density at radius 2 is 0.951 bits per heavy atom. The van der Waals surface area contributed by atoms with E-state index in [0.717, 1.165) is 70.2 Å². The maximum atomic E-state index is 12.2. The van der Waals surface area contributed by atoms with Gasteiger partial charge >= 0.3 is 13.7 Å². The van der Waals surface area contributed by atoms with E-state index >= 15 is 0 Å². The minimum absolute atomic E-state index is 0.235. The minimum Gasteiger partial charge on any atom is -0.494 e. The van der Waals surface area contributed by atoms with Crippen LogP contribution in [0.1, 0.15) is 57.1 Å². The van der Waals surface area contributed by atoms with Gasteiger partial charge in [0.1, 0.15) is 40.4 Å². The van der Waals surface area contributed by atoms with Gasteiger partial charge in [0.15, 0.2) is 0 Å². The van der Waals surface area contributed by atoms with Crippen molar-refractivity contribution in [1.29, 1.82) is 10.5 Å². The number of nitrogens with zero attached hydrogens (tertiary/aromatic N) is 9. The van der Waals surface area contributed by atoms with E-state index in [1.165, 1.54) is 0 Å². The average molecular weight is 1150 g/mol. The Morgan fingerprint density at radius 3 is 1.35 bits per heavy atom. The van der Waals surface area contributed by atoms with Crippen LogP contribution in [0.3, 0.4) is 0 Å². The molecule has 11 rings (SSSR count). The van der Waals surface area contributed by atoms with E-state index in [-0.39, 0.29) is 17.1 Å². The summed E-state index contributed by atoms with van der Waals surface area (Å²) in [6, 6.07) is 61.4. The number of halogens is 4. The molecule has 402 valence electrons. The molecule has 0 aliphatic rings. The van der Waals surface area contributed by atoms with Crippen molar-refractivity contribution in [3.8, 4) is 29.1 Å². The van der Waals surface area contributed by atoms with E-state index in [0.29, 0.717) is 82.0 Å². The zero-order valence-corrected chi connectivity index (χ0v) is 48.6. The Bertz CT molecular complexity index is 4180. The molecule has 0 fully saturated rings. The third-order valence-electron chi connectivity index (χ3n) is 15.0. The molecular weight excluding hydrogens is 1100 g/mol. The molecule has 82 heavy (non-hydrogen) atoms. The van der Waals surface area contributed by atoms with Gasteiger partial charge in [0.25, 0.3) is 0 Å². The first kappa shape index (κ1) is 55.7. The van der Waals surface area contributed by atoms with Gasteiger partial charge in [-0.05, 0) is 79.5 Å². The van der Waals surface area contributed by atoms with Crippen molar-refractivity contribution in [2.45, 2.75) is 40.0 Å². The zero-order chi connectivity index (χ0) is 57.0. The standard InChI is InChI=1S/C66H53B2Cl4N9O/c1-5-79(6-2)32-19-33-82-48-30-28-43(29-31-48)64-62-61(65(49(38-73)59-40-75-55-34-51(69)53(71)36-57(55)77-59)81(64)68(46-24-15-9-16-25-46)47-26-17-10-18-27-47)63(42(3)4)80(67(44-20-11-7-12-21-44)45-22-13-8-14-23-45)66(62)50(39-74)60-41-76-56-35-52(70)54(72)37-58(56)78-60/h7-18,20-31,34-37,40-42H,5-6,19,32-33H2,1-4H3/b65-49-,66-50-. The van der Waals surface area contributed by atoms with Gasteiger partial charge in [-0.25, -0.2) is 9.97 Å². The van der Waals surface area contributed by atoms with Crippen LogP contribution in [0.5, 0.6) is 5.75 Å². The molecule has 0 bridgehead atoms. The first-order valence-corrected chi connectivity index (χ1v) is 28.8. The fourth-order valence-corrected chi connectivity index (χ4v) is 11.9. The topological polar surface area (TPSA) is 121 Å². The van der Waals surface area contributed by atoms with Crippen LogP contribution < -0.4 is 37.3 Å². The molecule has 4 aromatic heterocycles. The number of aromatic nitrogens is 6. The molecule has 0 amide bonds. The predicted molar refractivity (Wildman–Crippen MR) is 339 cm³/mol. The monoisotopic (exact) mass is 1150 g/mol. The van der Waals surface area contributed by atoms with E-state index in [9.17, 15) is 10.5 Å². The largest absolute Gasteiger partial charge is 0.494 e. The molecule has 0 atom stereocenters. The van der Waals surface area contributed by atoms with Gasteiger partial charge in [0.2, 0.25) is 0 Å². The third-order valence-corrected chi connectivity index (χ3v) is 16.5. The summed E-state index contributed by atoms with van der Waals surface area (Å²) in [5.41, 5.74) is 9.18. The second kappa shape index (κ2) is 24.5. The third kappa shape index (κ3) is 10.8. The van der Waals surface area contributed by atoms with E-state index in [1.807, 2.05) is 84.9 Å². The van der Waals surface area contributed by atoms with Crippen LogP contribution in [0.2, 0.25) is 20.1 Å². The van der Waals surface area contributed by atoms with Crippen LogP contribution in [-0.4, -0.2) is 73.7 Å². The Hall–Kier alpha value is -8.19. The van der Waals surface area contributed by atoms with Crippen molar-refractivity contribution in [1.82, 2.24) is 33.8 Å². The molecular formula is C66H53B2Cl4N9O. The van der Waals surface area contributed by atoms with E-state index in [1.54, 1.807) is 36.7 Å². The summed E-state index contributed by atoms with van der Waals surface area (Å²) in [5.74, 6) is 0.443. The molecule has 0 saturated heterocycles. The summed E-state index contributed by atoms with van der Waals surface area (Å²) in [4.78, 5) is 22.6. The summed E-state index contributed by atoms with van der Waals surface area (Å²) >= 11 is 26.5. The van der Waals surface area contributed by atoms with Gasteiger partial charge in [-0.1, -0.05) is 217 Å². The molecule has 0 unspecified atom stereocenters. The maximum absolute atomic E-state index is 12.2. The molecule has 0 aliphatic heterocycles. The van der Waals surface area contributed by atoms with Crippen LogP contribution in [0, 0.1) is 22.7 Å². The maximum Gasteiger partial charge on any atom is 0.328 e. The highest BCUT2D eigenvalue weighted by Crippen LogP contribution is 2.36. The smallest absolute Gasteiger partial charge is 0.328 e. The molecule has 0 spiro atoms. The number of ether oxygens (including phenoxy) is 1. The molecule has 0 N–H and O–H groups in total. The van der Waals surface area contributed by atoms with Crippen molar-refractivity contribution < 1.29 is 4.74 Å². The quantitative estimate of drug-likeness (QED) is 0.0653. The van der Waals surface area contributed by atoms with Crippen molar-refractivity contribution >= 4 is 126 Å². The second-order valence-corrected chi connectivity index (χ2v) is 21.9. The van der Waals surface area contributed by atoms with Crippen molar-refractivity contribution in [3.05, 3.63) is 230 Å². The lowest BCUT2D eigenvalue weighted by molar-refractivity contribution is 0.249. The molecule has 10 nitrogen and oxygen atoms in total. The van der Waals surface area contributed by atoms with E-state index in [2.05, 4.69) is 114 Å². The lowest BCUT2D eigenvalue weighted by Gasteiger charge is -2.25. The fourth-order valence-electron chi connectivity index (χ4n) is 11.3. The molecule has 0 saturated carbocycles. The Kier molecular flexibility index (Phi) is 16.6. The average Bonchev–Trinajstić information content (AvgIpc) is 1.69. The molecule has 0 radical (unpaired) electrons. The van der Waals surface area contributed by atoms with Crippen LogP contribution >= 0.6 is 46.4 Å². The number of benzene rings is 7. The molecule has 7 aromatic carbocycles. The summed E-state index contributed by atoms with van der Waals surface area (Å²) < 4.78 is 11.1. The van der Waals surface area contributed by atoms with Gasteiger partial charge in [-0.2, -0.15) is 10.5 Å². The highest BCUT2D eigenvalue weighted by atomic mass is 35.5. The van der Waals surface area contributed by atoms with Crippen LogP contribution in [0.4, 0.5) is 0 Å². The molecule has 11 aromatic rings. The summed E-state index contributed by atoms with van der Waals surface area (Å²) in [6.45, 7) is 10.9. The zero-order valence-electron chi connectivity index (χ0n) is 45.5. The lowest BCUT2D eigenvalue weighted by atomic mass is 9.50. The van der Waals surface area contributed by atoms with E-state index in [4.69, 9.17) is 71.1 Å². The Labute approximate surface area is 497 Å². The fraction of sp³-hybridized carbons (Fsp3) is 0.152. The summed E-state index contributed by atoms with van der Waals surface area (Å²) in [7, 11) is 0. The SMILES string of the molecule is CCN(CC)CCCOc1ccc(-c2c3/c(=C(\C#N)c4cnc5cc(Cl)c(Cl)cc5n4)n(B(c4ccccc4)c4ccccc4)c(C(C)C)c3/c(=C(\C#N)c3cnc4cc(Cl)c(Cl)cc4n3)n2B(c2ccccc2)c2ccccc2)cc1. The second-order valence-electron chi connectivity index (χ2n) is 20.3. The predicted octanol–water partition coefficient (Wildman–Crippen LogP) is 11.6. The number of hydrogen-bond acceptors (Lipinski definition) is 8. The highest BCUT2D eigenvalue weighted by Gasteiger charge is 2.37. The van der Waals surface area contributed by atoms with Crippen molar-refractivity contribution in [2.75, 3.05) is 26.2 Å². The Morgan fingerprint density at radius 1 is 0.549 bits per heavy atom. The van der Waals surface area contributed by atoms with Crippen LogP contribution in [0.25, 0.3) is 55.2 Å². The molecule has 0 aliphatic carbocycles. The van der Waals surface area contributed by atoms with Crippen LogP contribution in [-0.2, 0) is 0 Å². The van der Waals surface area contributed by atoms with Crippen molar-refractivity contribution in [3.63, 3.8) is 0 Å².